The van der Waals surface area contributed by atoms with Crippen LogP contribution in [0.3, 0.4) is 0 Å². The summed E-state index contributed by atoms with van der Waals surface area (Å²) in [4.78, 5) is 25.6. The van der Waals surface area contributed by atoms with Crippen LogP contribution in [0.2, 0.25) is 0 Å². The Morgan fingerprint density at radius 1 is 1.08 bits per heavy atom. The number of halogens is 2. The van der Waals surface area contributed by atoms with E-state index >= 15 is 0 Å². The Morgan fingerprint density at radius 3 is 2.31 bits per heavy atom. The van der Waals surface area contributed by atoms with Crippen LogP contribution in [0.1, 0.15) is 23.5 Å². The summed E-state index contributed by atoms with van der Waals surface area (Å²) in [5.74, 6) is -1.89. The fraction of sp³-hybridized carbons (Fsp3) is 0.300. The molecule has 0 spiro atoms. The number of hydrogen-bond donors (Lipinski definition) is 0. The molecule has 2 aromatic rings. The zero-order valence-electron chi connectivity index (χ0n) is 14.1. The van der Waals surface area contributed by atoms with Gasteiger partial charge < -0.3 is 4.74 Å². The normalized spacial score (nSPS) is 18.0. The van der Waals surface area contributed by atoms with Crippen LogP contribution in [-0.4, -0.2) is 36.0 Å². The number of rotatable bonds is 6. The van der Waals surface area contributed by atoms with E-state index in [4.69, 9.17) is 4.74 Å². The zero-order chi connectivity index (χ0) is 18.5. The van der Waals surface area contributed by atoms with Crippen LogP contribution in [0.25, 0.3) is 0 Å². The van der Waals surface area contributed by atoms with E-state index in [0.29, 0.717) is 12.0 Å². The number of ether oxygens (including phenoxy) is 1. The Kier molecular flexibility index (Phi) is 5.61. The van der Waals surface area contributed by atoms with E-state index in [1.807, 2.05) is 30.3 Å². The molecule has 26 heavy (non-hydrogen) atoms. The summed E-state index contributed by atoms with van der Waals surface area (Å²) in [6.07, 6.45) is -3.48. The van der Waals surface area contributed by atoms with Crippen LogP contribution in [0.4, 0.5) is 13.6 Å². The summed E-state index contributed by atoms with van der Waals surface area (Å²) in [5.41, 5.74) is 1.32. The van der Waals surface area contributed by atoms with Crippen LogP contribution in [0.5, 0.6) is 0 Å². The largest absolute Gasteiger partial charge is 0.447 e. The molecule has 0 unspecified atom stereocenters. The highest BCUT2D eigenvalue weighted by Gasteiger charge is 2.39. The predicted octanol–water partition coefficient (Wildman–Crippen LogP) is 4.02. The highest BCUT2D eigenvalue weighted by Crippen LogP contribution is 2.29. The summed E-state index contributed by atoms with van der Waals surface area (Å²) in [7, 11) is 0. The fourth-order valence-electron chi connectivity index (χ4n) is 3.14. The average molecular weight is 359 g/mol. The molecule has 1 aliphatic rings. The van der Waals surface area contributed by atoms with Gasteiger partial charge in [-0.15, -0.1) is 0 Å². The van der Waals surface area contributed by atoms with E-state index in [1.165, 1.54) is 0 Å². The maximum atomic E-state index is 13.5. The third kappa shape index (κ3) is 4.07. The van der Waals surface area contributed by atoms with Gasteiger partial charge in [0.25, 0.3) is 0 Å². The van der Waals surface area contributed by atoms with Gasteiger partial charge in [-0.1, -0.05) is 60.7 Å². The van der Waals surface area contributed by atoms with E-state index in [0.717, 1.165) is 10.5 Å². The molecular formula is C20H19F2NO3. The van der Waals surface area contributed by atoms with Gasteiger partial charge in [0.1, 0.15) is 6.61 Å². The van der Waals surface area contributed by atoms with Crippen molar-refractivity contribution in [2.45, 2.75) is 31.2 Å². The molecule has 1 saturated heterocycles. The van der Waals surface area contributed by atoms with Crippen molar-refractivity contribution in [2.75, 3.05) is 6.61 Å². The lowest BCUT2D eigenvalue weighted by Gasteiger charge is -2.23. The van der Waals surface area contributed by atoms with Crippen molar-refractivity contribution in [1.29, 1.82) is 0 Å². The Morgan fingerprint density at radius 2 is 1.69 bits per heavy atom. The molecule has 0 aromatic heterocycles. The van der Waals surface area contributed by atoms with Crippen molar-refractivity contribution in [2.24, 2.45) is 0 Å². The first-order chi connectivity index (χ1) is 12.6. The zero-order valence-corrected chi connectivity index (χ0v) is 14.1. The number of benzene rings is 2. The molecule has 0 bridgehead atoms. The molecule has 1 aliphatic heterocycles. The molecule has 0 N–H and O–H groups in total. The predicted molar refractivity (Wildman–Crippen MR) is 91.9 cm³/mol. The maximum Gasteiger partial charge on any atom is 0.416 e. The van der Waals surface area contributed by atoms with Crippen molar-refractivity contribution < 1.29 is 23.1 Å². The van der Waals surface area contributed by atoms with Gasteiger partial charge >= 0.3 is 6.09 Å². The van der Waals surface area contributed by atoms with E-state index in [1.54, 1.807) is 30.3 Å². The van der Waals surface area contributed by atoms with Gasteiger partial charge in [0.05, 0.1) is 12.0 Å². The lowest BCUT2D eigenvalue weighted by Crippen LogP contribution is -2.41. The highest BCUT2D eigenvalue weighted by atomic mass is 19.3. The van der Waals surface area contributed by atoms with E-state index in [9.17, 15) is 18.4 Å². The Labute approximate surface area is 150 Å². The van der Waals surface area contributed by atoms with Crippen molar-refractivity contribution in [3.8, 4) is 0 Å². The minimum absolute atomic E-state index is 0.0736. The van der Waals surface area contributed by atoms with Gasteiger partial charge in [0.2, 0.25) is 12.3 Å². The van der Waals surface area contributed by atoms with E-state index in [-0.39, 0.29) is 6.61 Å². The van der Waals surface area contributed by atoms with Gasteiger partial charge in [0.15, 0.2) is 0 Å². The number of cyclic esters (lactones) is 1. The van der Waals surface area contributed by atoms with Gasteiger partial charge in [-0.2, -0.15) is 0 Å². The second-order valence-corrected chi connectivity index (χ2v) is 6.24. The van der Waals surface area contributed by atoms with Crippen LogP contribution in [0, 0.1) is 0 Å². The molecule has 0 aliphatic carbocycles. The Hall–Kier alpha value is -2.76. The summed E-state index contributed by atoms with van der Waals surface area (Å²) >= 11 is 0. The Balaban J connectivity index is 1.74. The first kappa shape index (κ1) is 18.0. The second kappa shape index (κ2) is 8.08. The minimum atomic E-state index is -2.70. The van der Waals surface area contributed by atoms with Crippen LogP contribution in [0.15, 0.2) is 60.7 Å². The average Bonchev–Trinajstić information content (AvgIpc) is 3.01. The van der Waals surface area contributed by atoms with Crippen molar-refractivity contribution in [3.63, 3.8) is 0 Å². The van der Waals surface area contributed by atoms with Crippen LogP contribution < -0.4 is 0 Å². The van der Waals surface area contributed by atoms with E-state index in [2.05, 4.69) is 0 Å². The molecule has 6 heteroatoms. The standard InChI is InChI=1S/C20H19F2NO3/c21-19(22)17(15-9-5-2-6-10-15)12-18(24)23-16(13-26-20(23)25)11-14-7-3-1-4-8-14/h1-10,16-17,19H,11-13H2/t16-,17+/m0/s1. The number of alkyl halides is 2. The molecule has 3 rings (SSSR count). The topological polar surface area (TPSA) is 46.6 Å². The quantitative estimate of drug-likeness (QED) is 0.783. The van der Waals surface area contributed by atoms with Crippen molar-refractivity contribution >= 4 is 12.0 Å². The van der Waals surface area contributed by atoms with Crippen molar-refractivity contribution in [1.82, 2.24) is 4.90 Å². The smallest absolute Gasteiger partial charge is 0.416 e. The van der Waals surface area contributed by atoms with Gasteiger partial charge in [-0.3, -0.25) is 4.79 Å². The lowest BCUT2D eigenvalue weighted by atomic mass is 9.95. The van der Waals surface area contributed by atoms with Crippen molar-refractivity contribution in [3.05, 3.63) is 71.8 Å². The summed E-state index contributed by atoms with van der Waals surface area (Å²) < 4.78 is 32.0. The molecule has 2 aromatic carbocycles. The highest BCUT2D eigenvalue weighted by molar-refractivity contribution is 5.94. The molecule has 4 nitrogen and oxygen atoms in total. The molecule has 0 radical (unpaired) electrons. The SMILES string of the molecule is O=C(C[C@H](c1ccccc1)C(F)F)N1C(=O)OC[C@@H]1Cc1ccccc1. The van der Waals surface area contributed by atoms with Gasteiger partial charge in [-0.25, -0.2) is 18.5 Å². The molecule has 1 heterocycles. The lowest BCUT2D eigenvalue weighted by molar-refractivity contribution is -0.130. The third-order valence-corrected chi connectivity index (χ3v) is 4.47. The van der Waals surface area contributed by atoms with Crippen LogP contribution in [-0.2, 0) is 16.0 Å². The number of carbonyl (C=O) groups is 2. The molecule has 0 saturated carbocycles. The summed E-state index contributed by atoms with van der Waals surface area (Å²) in [6.45, 7) is 0.0736. The number of imide groups is 1. The summed E-state index contributed by atoms with van der Waals surface area (Å²) in [5, 5.41) is 0. The molecule has 1 fully saturated rings. The third-order valence-electron chi connectivity index (χ3n) is 4.47. The maximum absolute atomic E-state index is 13.5. The van der Waals surface area contributed by atoms with E-state index < -0.39 is 36.8 Å². The number of nitrogens with zero attached hydrogens (tertiary/aromatic N) is 1. The number of carbonyl (C=O) groups excluding carboxylic acids is 2. The second-order valence-electron chi connectivity index (χ2n) is 6.24. The van der Waals surface area contributed by atoms with Gasteiger partial charge in [-0.05, 0) is 17.5 Å². The number of amides is 2. The first-order valence-corrected chi connectivity index (χ1v) is 8.42. The monoisotopic (exact) mass is 359 g/mol. The Bertz CT molecular complexity index is 752. The number of hydrogen-bond acceptors (Lipinski definition) is 3. The first-order valence-electron chi connectivity index (χ1n) is 8.42. The fourth-order valence-corrected chi connectivity index (χ4v) is 3.14. The van der Waals surface area contributed by atoms with Gasteiger partial charge in [0, 0.05) is 6.42 Å². The molecule has 136 valence electrons. The molecular weight excluding hydrogens is 340 g/mol. The molecule has 2 atom stereocenters. The summed E-state index contributed by atoms with van der Waals surface area (Å²) in [6, 6.07) is 17.0. The minimum Gasteiger partial charge on any atom is -0.447 e. The van der Waals surface area contributed by atoms with Crippen LogP contribution >= 0.6 is 0 Å². The molecule has 2 amide bonds.